The lowest BCUT2D eigenvalue weighted by Crippen LogP contribution is -2.27. The fraction of sp³-hybridized carbons (Fsp3) is 0.407. The molecule has 1 saturated heterocycles. The van der Waals surface area contributed by atoms with Gasteiger partial charge < -0.3 is 14.2 Å². The van der Waals surface area contributed by atoms with Crippen molar-refractivity contribution >= 4 is 0 Å². The van der Waals surface area contributed by atoms with Crippen molar-refractivity contribution in [2.45, 2.75) is 39.2 Å². The molecule has 1 fully saturated rings. The van der Waals surface area contributed by atoms with E-state index in [2.05, 4.69) is 29.0 Å². The van der Waals surface area contributed by atoms with E-state index in [9.17, 15) is 8.78 Å². The SMILES string of the molecule is COc1ccnc(OCc2cccc(-c3cccc(OCCCN4CCC(F)(F)C4)c3C)c2C)n1. The van der Waals surface area contributed by atoms with Gasteiger partial charge in [-0.05, 0) is 54.2 Å². The Labute approximate surface area is 204 Å². The maximum atomic E-state index is 13.4. The number of hydrogen-bond donors (Lipinski definition) is 0. The van der Waals surface area contributed by atoms with E-state index in [4.69, 9.17) is 14.2 Å². The molecule has 0 aliphatic carbocycles. The van der Waals surface area contributed by atoms with Crippen molar-refractivity contribution in [3.8, 4) is 28.8 Å². The number of alkyl halides is 2. The van der Waals surface area contributed by atoms with Gasteiger partial charge in [0, 0.05) is 31.8 Å². The van der Waals surface area contributed by atoms with Crippen molar-refractivity contribution in [1.29, 1.82) is 0 Å². The molecule has 35 heavy (non-hydrogen) atoms. The third-order valence-electron chi connectivity index (χ3n) is 6.32. The van der Waals surface area contributed by atoms with Crippen LogP contribution in [0.3, 0.4) is 0 Å². The summed E-state index contributed by atoms with van der Waals surface area (Å²) in [4.78, 5) is 10.1. The minimum absolute atomic E-state index is 0.0506. The highest BCUT2D eigenvalue weighted by Crippen LogP contribution is 2.33. The van der Waals surface area contributed by atoms with Gasteiger partial charge in [0.1, 0.15) is 12.4 Å². The minimum atomic E-state index is -2.55. The van der Waals surface area contributed by atoms with E-state index < -0.39 is 5.92 Å². The fourth-order valence-corrected chi connectivity index (χ4v) is 4.31. The third-order valence-corrected chi connectivity index (χ3v) is 6.32. The Bertz CT molecular complexity index is 1160. The number of aromatic nitrogens is 2. The Morgan fingerprint density at radius 2 is 1.77 bits per heavy atom. The standard InChI is InChI=1S/C27H31F2N3O3/c1-19-21(17-35-26-30-13-11-25(31-26)33-3)7-4-8-22(19)23-9-5-10-24(20(23)2)34-16-6-14-32-15-12-27(28,29)18-32/h4-5,7-11,13H,6,12,14-18H2,1-3H3. The molecule has 3 aromatic rings. The number of nitrogens with zero attached hydrogens (tertiary/aromatic N) is 3. The van der Waals surface area contributed by atoms with Crippen LogP contribution in [0.15, 0.2) is 48.7 Å². The van der Waals surface area contributed by atoms with Gasteiger partial charge in [-0.1, -0.05) is 30.3 Å². The summed E-state index contributed by atoms with van der Waals surface area (Å²) in [6, 6.07) is 14.0. The summed E-state index contributed by atoms with van der Waals surface area (Å²) >= 11 is 0. The minimum Gasteiger partial charge on any atom is -0.493 e. The van der Waals surface area contributed by atoms with Gasteiger partial charge in [0.25, 0.3) is 5.92 Å². The zero-order valence-electron chi connectivity index (χ0n) is 20.4. The summed E-state index contributed by atoms with van der Waals surface area (Å²) in [5.41, 5.74) is 5.35. The van der Waals surface area contributed by atoms with Crippen LogP contribution in [0.1, 0.15) is 29.5 Å². The molecule has 1 aliphatic rings. The van der Waals surface area contributed by atoms with Crippen LogP contribution in [0.25, 0.3) is 11.1 Å². The van der Waals surface area contributed by atoms with Crippen LogP contribution in [0.2, 0.25) is 0 Å². The van der Waals surface area contributed by atoms with Crippen molar-refractivity contribution in [2.75, 3.05) is 33.4 Å². The molecule has 186 valence electrons. The highest BCUT2D eigenvalue weighted by Gasteiger charge is 2.37. The van der Waals surface area contributed by atoms with Crippen molar-refractivity contribution in [3.63, 3.8) is 0 Å². The molecule has 0 bridgehead atoms. The van der Waals surface area contributed by atoms with Crippen LogP contribution in [-0.2, 0) is 6.61 Å². The molecular formula is C27H31F2N3O3. The van der Waals surface area contributed by atoms with E-state index >= 15 is 0 Å². The fourth-order valence-electron chi connectivity index (χ4n) is 4.31. The van der Waals surface area contributed by atoms with E-state index in [-0.39, 0.29) is 19.0 Å². The van der Waals surface area contributed by atoms with Crippen molar-refractivity contribution in [2.24, 2.45) is 0 Å². The molecular weight excluding hydrogens is 452 g/mol. The van der Waals surface area contributed by atoms with Gasteiger partial charge >= 0.3 is 6.01 Å². The van der Waals surface area contributed by atoms with Gasteiger partial charge in [0.2, 0.25) is 5.88 Å². The molecule has 0 saturated carbocycles. The lowest BCUT2D eigenvalue weighted by Gasteiger charge is -2.18. The quantitative estimate of drug-likeness (QED) is 0.357. The maximum Gasteiger partial charge on any atom is 0.320 e. The molecule has 0 atom stereocenters. The number of methoxy groups -OCH3 is 1. The highest BCUT2D eigenvalue weighted by molar-refractivity contribution is 5.73. The number of halogens is 2. The average Bonchev–Trinajstić information content (AvgIpc) is 3.21. The number of rotatable bonds is 10. The van der Waals surface area contributed by atoms with Crippen molar-refractivity contribution in [1.82, 2.24) is 14.9 Å². The second kappa shape index (κ2) is 11.0. The second-order valence-electron chi connectivity index (χ2n) is 8.77. The second-order valence-corrected chi connectivity index (χ2v) is 8.77. The molecule has 1 aromatic heterocycles. The molecule has 0 radical (unpaired) electrons. The zero-order valence-corrected chi connectivity index (χ0v) is 20.4. The first-order chi connectivity index (χ1) is 16.9. The molecule has 0 amide bonds. The van der Waals surface area contributed by atoms with Crippen molar-refractivity contribution < 1.29 is 23.0 Å². The molecule has 0 unspecified atom stereocenters. The van der Waals surface area contributed by atoms with Gasteiger partial charge in [-0.2, -0.15) is 4.98 Å². The summed E-state index contributed by atoms with van der Waals surface area (Å²) in [6.45, 7) is 5.84. The lowest BCUT2D eigenvalue weighted by molar-refractivity contribution is 0.0118. The van der Waals surface area contributed by atoms with Crippen LogP contribution >= 0.6 is 0 Å². The number of hydrogen-bond acceptors (Lipinski definition) is 6. The lowest BCUT2D eigenvalue weighted by atomic mass is 9.93. The maximum absolute atomic E-state index is 13.4. The van der Waals surface area contributed by atoms with Gasteiger partial charge in [-0.25, -0.2) is 13.8 Å². The third kappa shape index (κ3) is 6.25. The number of likely N-dealkylation sites (tertiary alicyclic amines) is 1. The Morgan fingerprint density at radius 3 is 2.51 bits per heavy atom. The van der Waals surface area contributed by atoms with Gasteiger partial charge in [-0.3, -0.25) is 4.90 Å². The van der Waals surface area contributed by atoms with Gasteiger partial charge in [-0.15, -0.1) is 0 Å². The van der Waals surface area contributed by atoms with E-state index in [1.165, 1.54) is 0 Å². The summed E-state index contributed by atoms with van der Waals surface area (Å²) in [7, 11) is 1.55. The predicted octanol–water partition coefficient (Wildman–Crippen LogP) is 5.46. The molecule has 0 N–H and O–H groups in total. The summed E-state index contributed by atoms with van der Waals surface area (Å²) in [5, 5.41) is 0. The Morgan fingerprint density at radius 1 is 1.00 bits per heavy atom. The van der Waals surface area contributed by atoms with Crippen LogP contribution in [0, 0.1) is 13.8 Å². The monoisotopic (exact) mass is 483 g/mol. The average molecular weight is 484 g/mol. The molecule has 8 heteroatoms. The molecule has 6 nitrogen and oxygen atoms in total. The largest absolute Gasteiger partial charge is 0.493 e. The van der Waals surface area contributed by atoms with Crippen LogP contribution in [0.4, 0.5) is 8.78 Å². The molecule has 2 aromatic carbocycles. The number of benzene rings is 2. The molecule has 1 aliphatic heterocycles. The molecule has 4 rings (SSSR count). The Kier molecular flexibility index (Phi) is 7.80. The summed E-state index contributed by atoms with van der Waals surface area (Å²) in [6.07, 6.45) is 2.25. The number of ether oxygens (including phenoxy) is 3. The summed E-state index contributed by atoms with van der Waals surface area (Å²) in [5.74, 6) is -1.30. The first-order valence-electron chi connectivity index (χ1n) is 11.8. The Hall–Kier alpha value is -3.26. The van der Waals surface area contributed by atoms with E-state index in [0.29, 0.717) is 38.6 Å². The Balaban J connectivity index is 1.41. The van der Waals surface area contributed by atoms with Crippen LogP contribution < -0.4 is 14.2 Å². The topological polar surface area (TPSA) is 56.7 Å². The normalized spacial score (nSPS) is 15.2. The van der Waals surface area contributed by atoms with Crippen LogP contribution in [-0.4, -0.2) is 54.1 Å². The first-order valence-corrected chi connectivity index (χ1v) is 11.8. The molecule has 0 spiro atoms. The zero-order chi connectivity index (χ0) is 24.8. The van der Waals surface area contributed by atoms with Crippen molar-refractivity contribution in [3.05, 3.63) is 65.4 Å². The van der Waals surface area contributed by atoms with E-state index in [1.54, 1.807) is 24.3 Å². The smallest absolute Gasteiger partial charge is 0.320 e. The first kappa shape index (κ1) is 24.9. The van der Waals surface area contributed by atoms with E-state index in [1.807, 2.05) is 31.2 Å². The highest BCUT2D eigenvalue weighted by atomic mass is 19.3. The molecule has 2 heterocycles. The predicted molar refractivity (Wildman–Crippen MR) is 130 cm³/mol. The van der Waals surface area contributed by atoms with Gasteiger partial charge in [0.15, 0.2) is 0 Å². The van der Waals surface area contributed by atoms with E-state index in [0.717, 1.165) is 33.6 Å². The van der Waals surface area contributed by atoms with Gasteiger partial charge in [0.05, 0.1) is 20.3 Å². The van der Waals surface area contributed by atoms with Crippen LogP contribution in [0.5, 0.6) is 17.6 Å². The summed E-state index contributed by atoms with van der Waals surface area (Å²) < 4.78 is 43.7.